The van der Waals surface area contributed by atoms with Gasteiger partial charge in [-0.25, -0.2) is 13.6 Å². The molecule has 0 aliphatic carbocycles. The number of amides is 3. The summed E-state index contributed by atoms with van der Waals surface area (Å²) in [5.41, 5.74) is 1.91. The first-order chi connectivity index (χ1) is 21.5. The van der Waals surface area contributed by atoms with Crippen LogP contribution in [0.3, 0.4) is 0 Å². The van der Waals surface area contributed by atoms with Gasteiger partial charge in [-0.3, -0.25) is 14.4 Å². The van der Waals surface area contributed by atoms with E-state index in [4.69, 9.17) is 17.3 Å². The van der Waals surface area contributed by atoms with Crippen molar-refractivity contribution < 1.29 is 36.6 Å². The standard InChI is InChI=1S/C31H26ClF5N6O3/c1-29(2,13-38)43-12-16(11-39-43)15-7-20-25(26(41-27(20)44)19-9-17(33)3-5-22(19)32)23(8-15)40-28(45)42-14-30(46,31(35,36)37)21-10-18(34)4-6-24(21)42/h3-12,26,46H,13-14,38H2,1-2H3,(H,40,45)(H,41,44)/t26-,30+/m0/s1. The molecule has 3 amide bonds. The number of anilines is 2. The van der Waals surface area contributed by atoms with Gasteiger partial charge >= 0.3 is 12.2 Å². The first kappa shape index (κ1) is 31.5. The van der Waals surface area contributed by atoms with Crippen molar-refractivity contribution in [2.24, 2.45) is 5.73 Å². The fourth-order valence-corrected chi connectivity index (χ4v) is 5.88. The Morgan fingerprint density at radius 1 is 1.13 bits per heavy atom. The summed E-state index contributed by atoms with van der Waals surface area (Å²) in [6, 6.07) is 6.77. The molecular weight excluding hydrogens is 635 g/mol. The van der Waals surface area contributed by atoms with Gasteiger partial charge in [0.25, 0.3) is 5.91 Å². The van der Waals surface area contributed by atoms with Gasteiger partial charge in [0.2, 0.25) is 5.60 Å². The summed E-state index contributed by atoms with van der Waals surface area (Å²) in [6.07, 6.45) is -2.05. The third kappa shape index (κ3) is 5.06. The lowest BCUT2D eigenvalue weighted by atomic mass is 9.93. The molecule has 4 aromatic rings. The average molecular weight is 661 g/mol. The van der Waals surface area contributed by atoms with Crippen LogP contribution in [-0.2, 0) is 11.1 Å². The molecule has 0 saturated carbocycles. The maximum Gasteiger partial charge on any atom is 0.423 e. The van der Waals surface area contributed by atoms with Crippen molar-refractivity contribution >= 4 is 34.9 Å². The summed E-state index contributed by atoms with van der Waals surface area (Å²) in [5.74, 6) is -2.26. The number of rotatable bonds is 5. The number of aliphatic hydroxyl groups is 1. The number of carbonyl (C=O) groups excluding carboxylic acids is 2. The summed E-state index contributed by atoms with van der Waals surface area (Å²) in [7, 11) is 0. The number of aromatic nitrogens is 2. The lowest BCUT2D eigenvalue weighted by Crippen LogP contribution is -2.48. The van der Waals surface area contributed by atoms with E-state index in [1.807, 2.05) is 13.8 Å². The molecule has 15 heteroatoms. The van der Waals surface area contributed by atoms with Gasteiger partial charge in [0.05, 0.1) is 30.0 Å². The second-order valence-electron chi connectivity index (χ2n) is 11.8. The molecule has 240 valence electrons. The number of β-amino-alcohol motifs (C(OH)–C–C–N with tert-alkyl or cyclic N) is 1. The Morgan fingerprint density at radius 2 is 1.83 bits per heavy atom. The molecule has 9 nitrogen and oxygen atoms in total. The quantitative estimate of drug-likeness (QED) is 0.201. The van der Waals surface area contributed by atoms with Gasteiger partial charge < -0.3 is 21.5 Å². The second-order valence-corrected chi connectivity index (χ2v) is 12.2. The molecule has 3 heterocycles. The van der Waals surface area contributed by atoms with Crippen molar-refractivity contribution in [1.82, 2.24) is 15.1 Å². The Hall–Kier alpha value is -4.53. The van der Waals surface area contributed by atoms with Crippen LogP contribution in [-0.4, -0.2) is 46.1 Å². The van der Waals surface area contributed by atoms with E-state index in [1.54, 1.807) is 16.9 Å². The third-order valence-electron chi connectivity index (χ3n) is 8.33. The van der Waals surface area contributed by atoms with Crippen LogP contribution in [0.2, 0.25) is 5.02 Å². The number of benzene rings is 3. The molecule has 0 radical (unpaired) electrons. The molecule has 0 fully saturated rings. The van der Waals surface area contributed by atoms with E-state index in [0.717, 1.165) is 24.3 Å². The van der Waals surface area contributed by atoms with Crippen LogP contribution in [0, 0.1) is 11.6 Å². The number of hydrogen-bond acceptors (Lipinski definition) is 5. The normalized spacial score (nSPS) is 19.2. The molecule has 2 aliphatic heterocycles. The van der Waals surface area contributed by atoms with Crippen LogP contribution < -0.4 is 21.3 Å². The number of carbonyl (C=O) groups is 2. The summed E-state index contributed by atoms with van der Waals surface area (Å²) < 4.78 is 72.2. The Labute approximate surface area is 263 Å². The Morgan fingerprint density at radius 3 is 2.52 bits per heavy atom. The SMILES string of the molecule is CC(C)(CN)n1cc(-c2cc(NC(=O)N3C[C@](O)(C(F)(F)F)c4cc(F)ccc43)c3c(c2)C(=O)N[C@H]3c2cc(F)ccc2Cl)cn1. The fraction of sp³-hybridized carbons (Fsp3) is 0.258. The minimum absolute atomic E-state index is 0.0156. The van der Waals surface area contributed by atoms with Crippen LogP contribution in [0.4, 0.5) is 38.1 Å². The maximum absolute atomic E-state index is 14.3. The van der Waals surface area contributed by atoms with E-state index in [9.17, 15) is 36.6 Å². The van der Waals surface area contributed by atoms with E-state index in [0.29, 0.717) is 22.1 Å². The molecule has 6 rings (SSSR count). The van der Waals surface area contributed by atoms with Crippen molar-refractivity contribution in [3.05, 3.63) is 99.8 Å². The van der Waals surface area contributed by atoms with E-state index < -0.39 is 59.0 Å². The predicted molar refractivity (Wildman–Crippen MR) is 159 cm³/mol. The molecule has 0 saturated heterocycles. The largest absolute Gasteiger partial charge is 0.423 e. The summed E-state index contributed by atoms with van der Waals surface area (Å²) in [4.78, 5) is 27.7. The highest BCUT2D eigenvalue weighted by atomic mass is 35.5. The number of urea groups is 1. The van der Waals surface area contributed by atoms with Crippen molar-refractivity contribution in [2.75, 3.05) is 23.3 Å². The van der Waals surface area contributed by atoms with Gasteiger partial charge in [0.1, 0.15) is 11.6 Å². The number of nitrogens with one attached hydrogen (secondary N) is 2. The number of alkyl halides is 3. The van der Waals surface area contributed by atoms with E-state index >= 15 is 0 Å². The van der Waals surface area contributed by atoms with Gasteiger partial charge in [0.15, 0.2) is 0 Å². The van der Waals surface area contributed by atoms with E-state index in [2.05, 4.69) is 15.7 Å². The highest BCUT2D eigenvalue weighted by Gasteiger charge is 2.61. The number of nitrogens with zero attached hydrogens (tertiary/aromatic N) is 3. The summed E-state index contributed by atoms with van der Waals surface area (Å²) >= 11 is 6.38. The van der Waals surface area contributed by atoms with Gasteiger partial charge in [0, 0.05) is 51.3 Å². The highest BCUT2D eigenvalue weighted by Crippen LogP contribution is 2.49. The molecule has 1 aromatic heterocycles. The maximum atomic E-state index is 14.3. The minimum atomic E-state index is -5.25. The number of fused-ring (bicyclic) bond motifs is 2. The first-order valence-electron chi connectivity index (χ1n) is 13.9. The number of hydrogen-bond donors (Lipinski definition) is 4. The molecule has 3 aromatic carbocycles. The Kier molecular flexibility index (Phi) is 7.37. The van der Waals surface area contributed by atoms with Crippen LogP contribution >= 0.6 is 11.6 Å². The zero-order valence-electron chi connectivity index (χ0n) is 24.2. The Bertz CT molecular complexity index is 1910. The zero-order valence-corrected chi connectivity index (χ0v) is 25.0. The summed E-state index contributed by atoms with van der Waals surface area (Å²) in [5, 5.41) is 20.5. The lowest BCUT2D eigenvalue weighted by Gasteiger charge is -2.27. The third-order valence-corrected chi connectivity index (χ3v) is 8.68. The first-order valence-corrected chi connectivity index (χ1v) is 14.3. The monoisotopic (exact) mass is 660 g/mol. The molecule has 2 aliphatic rings. The molecule has 5 N–H and O–H groups in total. The summed E-state index contributed by atoms with van der Waals surface area (Å²) in [6.45, 7) is 2.71. The van der Waals surface area contributed by atoms with Crippen molar-refractivity contribution in [3.8, 4) is 11.1 Å². The van der Waals surface area contributed by atoms with Crippen LogP contribution in [0.15, 0.2) is 60.9 Å². The van der Waals surface area contributed by atoms with Crippen molar-refractivity contribution in [2.45, 2.75) is 37.2 Å². The van der Waals surface area contributed by atoms with Gasteiger partial charge in [-0.05, 0) is 67.9 Å². The van der Waals surface area contributed by atoms with Gasteiger partial charge in [-0.15, -0.1) is 0 Å². The highest BCUT2D eigenvalue weighted by molar-refractivity contribution is 6.31. The van der Waals surface area contributed by atoms with Gasteiger partial charge in [-0.2, -0.15) is 18.3 Å². The molecule has 0 bridgehead atoms. The number of halogens is 6. The van der Waals surface area contributed by atoms with E-state index in [-0.39, 0.29) is 39.6 Å². The predicted octanol–water partition coefficient (Wildman–Crippen LogP) is 5.81. The van der Waals surface area contributed by atoms with Crippen molar-refractivity contribution in [3.63, 3.8) is 0 Å². The smallest absolute Gasteiger partial charge is 0.375 e. The average Bonchev–Trinajstić information content (AvgIpc) is 3.70. The Balaban J connectivity index is 1.48. The van der Waals surface area contributed by atoms with Crippen LogP contribution in [0.5, 0.6) is 0 Å². The molecule has 46 heavy (non-hydrogen) atoms. The van der Waals surface area contributed by atoms with Crippen LogP contribution in [0.1, 0.15) is 46.9 Å². The lowest BCUT2D eigenvalue weighted by molar-refractivity contribution is -0.258. The zero-order chi connectivity index (χ0) is 33.3. The second kappa shape index (κ2) is 10.8. The van der Waals surface area contributed by atoms with E-state index in [1.165, 1.54) is 18.3 Å². The number of nitrogens with two attached hydrogens (primary N) is 1. The minimum Gasteiger partial charge on any atom is -0.375 e. The molecule has 0 unspecified atom stereocenters. The molecule has 0 spiro atoms. The fourth-order valence-electron chi connectivity index (χ4n) is 5.65. The van der Waals surface area contributed by atoms with Crippen LogP contribution in [0.25, 0.3) is 11.1 Å². The molecule has 2 atom stereocenters. The van der Waals surface area contributed by atoms with Crippen molar-refractivity contribution in [1.29, 1.82) is 0 Å². The molecular formula is C31H26ClF5N6O3. The topological polar surface area (TPSA) is 126 Å². The van der Waals surface area contributed by atoms with Gasteiger partial charge in [-0.1, -0.05) is 11.6 Å².